The highest BCUT2D eigenvalue weighted by Gasteiger charge is 2.35. The van der Waals surface area contributed by atoms with Crippen LogP contribution in [0.4, 0.5) is 10.1 Å². The number of amides is 1. The molecule has 22 heavy (non-hydrogen) atoms. The molecular weight excluding hydrogens is 285 g/mol. The third-order valence-corrected chi connectivity index (χ3v) is 4.07. The van der Waals surface area contributed by atoms with Crippen LogP contribution in [0.3, 0.4) is 0 Å². The summed E-state index contributed by atoms with van der Waals surface area (Å²) in [7, 11) is 0. The maximum Gasteiger partial charge on any atom is 0.244 e. The molecule has 3 rings (SSSR count). The van der Waals surface area contributed by atoms with Gasteiger partial charge in [-0.2, -0.15) is 5.10 Å². The summed E-state index contributed by atoms with van der Waals surface area (Å²) in [6, 6.07) is 4.44. The molecular formula is C15H18FN5O. The highest BCUT2D eigenvalue weighted by Crippen LogP contribution is 2.27. The Morgan fingerprint density at radius 1 is 1.32 bits per heavy atom. The molecule has 0 bridgehead atoms. The van der Waals surface area contributed by atoms with Crippen molar-refractivity contribution in [3.05, 3.63) is 36.7 Å². The molecule has 2 aromatic rings. The molecule has 0 saturated heterocycles. The molecule has 6 nitrogen and oxygen atoms in total. The van der Waals surface area contributed by atoms with Gasteiger partial charge in [-0.05, 0) is 31.0 Å². The zero-order valence-electron chi connectivity index (χ0n) is 12.1. The first-order chi connectivity index (χ1) is 10.6. The van der Waals surface area contributed by atoms with Gasteiger partial charge in [0.05, 0.1) is 5.54 Å². The maximum absolute atomic E-state index is 14.1. The van der Waals surface area contributed by atoms with E-state index in [1.165, 1.54) is 23.4 Å². The summed E-state index contributed by atoms with van der Waals surface area (Å²) in [5.41, 5.74) is 5.98. The van der Waals surface area contributed by atoms with Crippen molar-refractivity contribution in [1.82, 2.24) is 14.8 Å². The number of halogens is 1. The number of nitrogens with two attached hydrogens (primary N) is 1. The smallest absolute Gasteiger partial charge is 0.244 e. The van der Waals surface area contributed by atoms with Gasteiger partial charge in [0.15, 0.2) is 5.82 Å². The highest BCUT2D eigenvalue weighted by molar-refractivity contribution is 5.98. The van der Waals surface area contributed by atoms with Gasteiger partial charge in [-0.15, -0.1) is 0 Å². The summed E-state index contributed by atoms with van der Waals surface area (Å²) in [4.78, 5) is 16.1. The molecule has 1 aliphatic carbocycles. The van der Waals surface area contributed by atoms with E-state index in [0.29, 0.717) is 18.5 Å². The lowest BCUT2D eigenvalue weighted by atomic mass is 9.82. The molecule has 7 heteroatoms. The third-order valence-electron chi connectivity index (χ3n) is 4.07. The average molecular weight is 303 g/mol. The Hall–Kier alpha value is -2.28. The third kappa shape index (κ3) is 2.85. The van der Waals surface area contributed by atoms with Gasteiger partial charge >= 0.3 is 0 Å². The second-order valence-electron chi connectivity index (χ2n) is 5.68. The van der Waals surface area contributed by atoms with Gasteiger partial charge in [0.1, 0.15) is 18.3 Å². The normalized spacial score (nSPS) is 17.2. The van der Waals surface area contributed by atoms with Crippen LogP contribution < -0.4 is 11.1 Å². The molecule has 0 spiro atoms. The van der Waals surface area contributed by atoms with E-state index in [4.69, 9.17) is 5.73 Å². The van der Waals surface area contributed by atoms with E-state index in [-0.39, 0.29) is 11.6 Å². The minimum atomic E-state index is -0.848. The number of carbonyl (C=O) groups is 1. The number of aromatic nitrogens is 3. The molecule has 1 aliphatic rings. The van der Waals surface area contributed by atoms with Gasteiger partial charge in [-0.25, -0.2) is 14.1 Å². The van der Waals surface area contributed by atoms with Crippen LogP contribution in [-0.4, -0.2) is 26.2 Å². The summed E-state index contributed by atoms with van der Waals surface area (Å²) in [5.74, 6) is -0.738. The molecule has 1 amide bonds. The number of hydrogen-bond donors (Lipinski definition) is 2. The van der Waals surface area contributed by atoms with E-state index >= 15 is 0 Å². The topological polar surface area (TPSA) is 85.8 Å². The van der Waals surface area contributed by atoms with Crippen LogP contribution in [0.1, 0.15) is 32.1 Å². The number of hydrogen-bond acceptors (Lipinski definition) is 4. The van der Waals surface area contributed by atoms with Crippen molar-refractivity contribution in [1.29, 1.82) is 0 Å². The predicted octanol–water partition coefficient (Wildman–Crippen LogP) is 2.01. The van der Waals surface area contributed by atoms with Crippen LogP contribution in [0.5, 0.6) is 0 Å². The molecule has 1 saturated carbocycles. The Kier molecular flexibility index (Phi) is 3.89. The fourth-order valence-electron chi connectivity index (χ4n) is 2.77. The summed E-state index contributed by atoms with van der Waals surface area (Å²) in [6.45, 7) is 0. The summed E-state index contributed by atoms with van der Waals surface area (Å²) in [5, 5.41) is 6.60. The maximum atomic E-state index is 14.1. The Morgan fingerprint density at radius 2 is 2.09 bits per heavy atom. The molecule has 0 unspecified atom stereocenters. The van der Waals surface area contributed by atoms with Gasteiger partial charge < -0.3 is 11.1 Å². The lowest BCUT2D eigenvalue weighted by Crippen LogP contribution is -2.52. The second-order valence-corrected chi connectivity index (χ2v) is 5.68. The van der Waals surface area contributed by atoms with Gasteiger partial charge in [-0.1, -0.05) is 19.3 Å². The lowest BCUT2D eigenvalue weighted by molar-refractivity contribution is -0.122. The Bertz CT molecular complexity index is 665. The fraction of sp³-hybridized carbons (Fsp3) is 0.400. The van der Waals surface area contributed by atoms with Crippen molar-refractivity contribution in [2.24, 2.45) is 5.73 Å². The molecule has 1 aromatic carbocycles. The van der Waals surface area contributed by atoms with Crippen LogP contribution in [0.15, 0.2) is 30.9 Å². The van der Waals surface area contributed by atoms with Crippen LogP contribution in [0.2, 0.25) is 0 Å². The van der Waals surface area contributed by atoms with Crippen molar-refractivity contribution in [2.75, 3.05) is 5.32 Å². The Balaban J connectivity index is 1.76. The number of anilines is 1. The van der Waals surface area contributed by atoms with Crippen LogP contribution in [-0.2, 0) is 4.79 Å². The predicted molar refractivity (Wildman–Crippen MR) is 80.0 cm³/mol. The standard InChI is InChI=1S/C15H18FN5O/c16-12-8-11(4-5-13(12)21-10-18-9-19-21)20-14(22)15(17)6-2-1-3-7-15/h4-5,8-10H,1-3,6-7,17H2,(H,20,22). The molecule has 0 atom stereocenters. The van der Waals surface area contributed by atoms with Gasteiger partial charge in [-0.3, -0.25) is 4.79 Å². The van der Waals surface area contributed by atoms with Crippen molar-refractivity contribution in [2.45, 2.75) is 37.6 Å². The SMILES string of the molecule is NC1(C(=O)Nc2ccc(-n3cncn3)c(F)c2)CCCCC1. The zero-order chi connectivity index (χ0) is 15.6. The Labute approximate surface area is 127 Å². The monoisotopic (exact) mass is 303 g/mol. The van der Waals surface area contributed by atoms with Gasteiger partial charge in [0.2, 0.25) is 5.91 Å². The van der Waals surface area contributed by atoms with E-state index in [1.807, 2.05) is 0 Å². The second kappa shape index (κ2) is 5.84. The van der Waals surface area contributed by atoms with E-state index in [1.54, 1.807) is 12.1 Å². The number of benzene rings is 1. The quantitative estimate of drug-likeness (QED) is 0.908. The molecule has 116 valence electrons. The van der Waals surface area contributed by atoms with Gasteiger partial charge in [0, 0.05) is 5.69 Å². The lowest BCUT2D eigenvalue weighted by Gasteiger charge is -2.31. The van der Waals surface area contributed by atoms with Crippen LogP contribution in [0.25, 0.3) is 5.69 Å². The number of rotatable bonds is 3. The first-order valence-corrected chi connectivity index (χ1v) is 7.33. The van der Waals surface area contributed by atoms with Crippen LogP contribution in [0, 0.1) is 5.82 Å². The summed E-state index contributed by atoms with van der Waals surface area (Å²) in [6.07, 6.45) is 7.07. The minimum absolute atomic E-state index is 0.250. The summed E-state index contributed by atoms with van der Waals surface area (Å²) >= 11 is 0. The first-order valence-electron chi connectivity index (χ1n) is 7.33. The van der Waals surface area contributed by atoms with Crippen molar-refractivity contribution in [3.63, 3.8) is 0 Å². The molecule has 0 radical (unpaired) electrons. The average Bonchev–Trinajstić information content (AvgIpc) is 3.02. The van der Waals surface area contributed by atoms with E-state index in [0.717, 1.165) is 19.3 Å². The zero-order valence-corrected chi connectivity index (χ0v) is 12.1. The molecule has 0 aliphatic heterocycles. The van der Waals surface area contributed by atoms with Crippen molar-refractivity contribution >= 4 is 11.6 Å². The Morgan fingerprint density at radius 3 is 2.73 bits per heavy atom. The number of carbonyl (C=O) groups excluding carboxylic acids is 1. The van der Waals surface area contributed by atoms with E-state index < -0.39 is 11.4 Å². The summed E-state index contributed by atoms with van der Waals surface area (Å²) < 4.78 is 15.5. The largest absolute Gasteiger partial charge is 0.324 e. The number of nitrogens with zero attached hydrogens (tertiary/aromatic N) is 3. The fourth-order valence-corrected chi connectivity index (χ4v) is 2.77. The van der Waals surface area contributed by atoms with Crippen LogP contribution >= 0.6 is 0 Å². The highest BCUT2D eigenvalue weighted by atomic mass is 19.1. The first kappa shape index (κ1) is 14.6. The molecule has 3 N–H and O–H groups in total. The van der Waals surface area contributed by atoms with E-state index in [9.17, 15) is 9.18 Å². The van der Waals surface area contributed by atoms with Crippen molar-refractivity contribution in [3.8, 4) is 5.69 Å². The number of nitrogens with one attached hydrogen (secondary N) is 1. The molecule has 1 aromatic heterocycles. The molecule has 1 heterocycles. The van der Waals surface area contributed by atoms with Gasteiger partial charge in [0.25, 0.3) is 0 Å². The van der Waals surface area contributed by atoms with Crippen molar-refractivity contribution < 1.29 is 9.18 Å². The van der Waals surface area contributed by atoms with E-state index in [2.05, 4.69) is 15.4 Å². The minimum Gasteiger partial charge on any atom is -0.324 e. The molecule has 1 fully saturated rings.